The average molecular weight is 231 g/mol. The molecule has 0 radical (unpaired) electrons. The number of nitrogens with zero attached hydrogens (tertiary/aromatic N) is 3. The van der Waals surface area contributed by atoms with E-state index in [-0.39, 0.29) is 5.54 Å². The molecule has 1 saturated carbocycles. The van der Waals surface area contributed by atoms with E-state index in [1.165, 1.54) is 12.0 Å². The molecule has 2 aromatic heterocycles. The van der Waals surface area contributed by atoms with Crippen molar-refractivity contribution in [2.45, 2.75) is 31.7 Å². The lowest BCUT2D eigenvalue weighted by atomic mass is 9.77. The standard InChI is InChI=1S/C12H17N5/c1-9-5-10-14-8-15-17(10)11(6-9)16-12(7-13)3-2-4-12/h5-6,8,16H,2-4,7,13H2,1H3. The molecule has 0 spiro atoms. The number of nitrogens with one attached hydrogen (secondary N) is 1. The van der Waals surface area contributed by atoms with Crippen LogP contribution in [0.3, 0.4) is 0 Å². The second-order valence-corrected chi connectivity index (χ2v) is 4.91. The summed E-state index contributed by atoms with van der Waals surface area (Å²) >= 11 is 0. The third-order valence-electron chi connectivity index (χ3n) is 3.62. The molecule has 0 bridgehead atoms. The summed E-state index contributed by atoms with van der Waals surface area (Å²) in [6.45, 7) is 2.73. The van der Waals surface area contributed by atoms with Crippen molar-refractivity contribution in [1.29, 1.82) is 0 Å². The number of nitrogens with two attached hydrogens (primary N) is 1. The number of aryl methyl sites for hydroxylation is 1. The maximum absolute atomic E-state index is 5.87. The van der Waals surface area contributed by atoms with Crippen molar-refractivity contribution in [2.24, 2.45) is 5.73 Å². The van der Waals surface area contributed by atoms with Crippen molar-refractivity contribution in [3.05, 3.63) is 24.0 Å². The first-order chi connectivity index (χ1) is 8.22. The third kappa shape index (κ3) is 1.67. The first-order valence-electron chi connectivity index (χ1n) is 6.01. The molecular weight excluding hydrogens is 214 g/mol. The number of hydrogen-bond acceptors (Lipinski definition) is 4. The zero-order valence-corrected chi connectivity index (χ0v) is 9.98. The minimum atomic E-state index is 0.0622. The summed E-state index contributed by atoms with van der Waals surface area (Å²) in [7, 11) is 0. The van der Waals surface area contributed by atoms with Crippen LogP contribution in [0.5, 0.6) is 0 Å². The van der Waals surface area contributed by atoms with Crippen LogP contribution in [-0.4, -0.2) is 26.7 Å². The fourth-order valence-electron chi connectivity index (χ4n) is 2.40. The Labute approximate surface area is 100 Å². The summed E-state index contributed by atoms with van der Waals surface area (Å²) in [6, 6.07) is 4.12. The lowest BCUT2D eigenvalue weighted by molar-refractivity contribution is 0.286. The van der Waals surface area contributed by atoms with Crippen LogP contribution in [0.15, 0.2) is 18.5 Å². The maximum atomic E-state index is 5.87. The smallest absolute Gasteiger partial charge is 0.157 e. The zero-order valence-electron chi connectivity index (χ0n) is 9.98. The molecule has 0 saturated heterocycles. The molecule has 90 valence electrons. The number of hydrogen-bond donors (Lipinski definition) is 2. The van der Waals surface area contributed by atoms with E-state index in [4.69, 9.17) is 5.73 Å². The molecule has 0 unspecified atom stereocenters. The predicted molar refractivity (Wildman–Crippen MR) is 67.0 cm³/mol. The summed E-state index contributed by atoms with van der Waals surface area (Å²) in [5, 5.41) is 7.79. The fraction of sp³-hybridized carbons (Fsp3) is 0.500. The van der Waals surface area contributed by atoms with Crippen molar-refractivity contribution in [1.82, 2.24) is 14.6 Å². The Hall–Kier alpha value is -1.62. The van der Waals surface area contributed by atoms with E-state index < -0.39 is 0 Å². The Kier molecular flexibility index (Phi) is 2.29. The van der Waals surface area contributed by atoms with Crippen LogP contribution in [0.2, 0.25) is 0 Å². The summed E-state index contributed by atoms with van der Waals surface area (Å²) in [5.74, 6) is 0.989. The second-order valence-electron chi connectivity index (χ2n) is 4.91. The number of rotatable bonds is 3. The Morgan fingerprint density at radius 3 is 2.94 bits per heavy atom. The molecule has 0 aliphatic heterocycles. The molecule has 5 nitrogen and oxygen atoms in total. The van der Waals surface area contributed by atoms with Gasteiger partial charge >= 0.3 is 0 Å². The monoisotopic (exact) mass is 231 g/mol. The maximum Gasteiger partial charge on any atom is 0.157 e. The molecule has 0 aromatic carbocycles. The highest BCUT2D eigenvalue weighted by Gasteiger charge is 2.35. The molecule has 1 fully saturated rings. The van der Waals surface area contributed by atoms with Crippen molar-refractivity contribution >= 4 is 11.5 Å². The van der Waals surface area contributed by atoms with Crippen LogP contribution in [0.4, 0.5) is 5.82 Å². The van der Waals surface area contributed by atoms with Gasteiger partial charge in [-0.3, -0.25) is 0 Å². The van der Waals surface area contributed by atoms with Crippen LogP contribution in [-0.2, 0) is 0 Å². The van der Waals surface area contributed by atoms with Gasteiger partial charge in [-0.2, -0.15) is 9.61 Å². The molecule has 3 rings (SSSR count). The van der Waals surface area contributed by atoms with Crippen molar-refractivity contribution in [3.63, 3.8) is 0 Å². The van der Waals surface area contributed by atoms with Gasteiger partial charge in [-0.1, -0.05) is 0 Å². The van der Waals surface area contributed by atoms with E-state index in [9.17, 15) is 0 Å². The minimum absolute atomic E-state index is 0.0622. The molecule has 2 heterocycles. The lowest BCUT2D eigenvalue weighted by Gasteiger charge is -2.42. The molecule has 17 heavy (non-hydrogen) atoms. The Balaban J connectivity index is 2.01. The van der Waals surface area contributed by atoms with Gasteiger partial charge in [0.2, 0.25) is 0 Å². The van der Waals surface area contributed by atoms with Crippen LogP contribution < -0.4 is 11.1 Å². The topological polar surface area (TPSA) is 68.2 Å². The lowest BCUT2D eigenvalue weighted by Crippen LogP contribution is -2.51. The molecule has 3 N–H and O–H groups in total. The van der Waals surface area contributed by atoms with Crippen LogP contribution in [0.25, 0.3) is 5.65 Å². The number of anilines is 1. The number of aromatic nitrogens is 3. The third-order valence-corrected chi connectivity index (χ3v) is 3.62. The highest BCUT2D eigenvalue weighted by molar-refractivity contribution is 5.52. The van der Waals surface area contributed by atoms with E-state index in [2.05, 4.69) is 28.4 Å². The second kappa shape index (κ2) is 3.70. The van der Waals surface area contributed by atoms with E-state index in [0.717, 1.165) is 24.3 Å². The summed E-state index contributed by atoms with van der Waals surface area (Å²) in [4.78, 5) is 4.22. The van der Waals surface area contributed by atoms with Gasteiger partial charge in [-0.25, -0.2) is 4.98 Å². The van der Waals surface area contributed by atoms with Gasteiger partial charge in [0, 0.05) is 6.54 Å². The van der Waals surface area contributed by atoms with Gasteiger partial charge in [0.05, 0.1) is 5.54 Å². The van der Waals surface area contributed by atoms with Gasteiger partial charge < -0.3 is 11.1 Å². The van der Waals surface area contributed by atoms with E-state index in [0.29, 0.717) is 6.54 Å². The molecule has 2 aromatic rings. The molecule has 1 aliphatic carbocycles. The Morgan fingerprint density at radius 1 is 1.47 bits per heavy atom. The number of pyridine rings is 1. The highest BCUT2D eigenvalue weighted by atomic mass is 15.3. The molecule has 5 heteroatoms. The number of fused-ring (bicyclic) bond motifs is 1. The van der Waals surface area contributed by atoms with Crippen LogP contribution >= 0.6 is 0 Å². The van der Waals surface area contributed by atoms with Crippen LogP contribution in [0.1, 0.15) is 24.8 Å². The quantitative estimate of drug-likeness (QED) is 0.836. The van der Waals surface area contributed by atoms with E-state index >= 15 is 0 Å². The molecular formula is C12H17N5. The fourth-order valence-corrected chi connectivity index (χ4v) is 2.40. The minimum Gasteiger partial charge on any atom is -0.363 e. The Bertz CT molecular complexity index is 535. The zero-order chi connectivity index (χ0) is 11.9. The first kappa shape index (κ1) is 10.5. The van der Waals surface area contributed by atoms with Gasteiger partial charge in [0.25, 0.3) is 0 Å². The largest absolute Gasteiger partial charge is 0.363 e. The molecule has 1 aliphatic rings. The van der Waals surface area contributed by atoms with Gasteiger partial charge in [0.1, 0.15) is 12.1 Å². The van der Waals surface area contributed by atoms with Gasteiger partial charge in [0.15, 0.2) is 5.65 Å². The van der Waals surface area contributed by atoms with E-state index in [1.807, 2.05) is 10.6 Å². The molecule has 0 amide bonds. The van der Waals surface area contributed by atoms with Crippen molar-refractivity contribution in [2.75, 3.05) is 11.9 Å². The normalized spacial score (nSPS) is 18.0. The SMILES string of the molecule is Cc1cc(NC2(CN)CCC2)n2ncnc2c1. The van der Waals surface area contributed by atoms with Gasteiger partial charge in [-0.15, -0.1) is 0 Å². The van der Waals surface area contributed by atoms with Gasteiger partial charge in [-0.05, 0) is 43.9 Å². The van der Waals surface area contributed by atoms with Crippen LogP contribution in [0, 0.1) is 6.92 Å². The van der Waals surface area contributed by atoms with E-state index in [1.54, 1.807) is 6.33 Å². The highest BCUT2D eigenvalue weighted by Crippen LogP contribution is 2.34. The summed E-state index contributed by atoms with van der Waals surface area (Å²) < 4.78 is 1.84. The summed E-state index contributed by atoms with van der Waals surface area (Å²) in [5.41, 5.74) is 7.98. The average Bonchev–Trinajstić information content (AvgIpc) is 2.71. The Morgan fingerprint density at radius 2 is 2.29 bits per heavy atom. The predicted octanol–water partition coefficient (Wildman–Crippen LogP) is 1.33. The van der Waals surface area contributed by atoms with Crippen molar-refractivity contribution in [3.8, 4) is 0 Å². The summed E-state index contributed by atoms with van der Waals surface area (Å²) in [6.07, 6.45) is 5.09. The first-order valence-corrected chi connectivity index (χ1v) is 6.01. The molecule has 0 atom stereocenters. The van der Waals surface area contributed by atoms with Crippen molar-refractivity contribution < 1.29 is 0 Å².